The molecule has 1 fully saturated rings. The highest BCUT2D eigenvalue weighted by Gasteiger charge is 2.21. The van der Waals surface area contributed by atoms with Crippen LogP contribution in [0.4, 0.5) is 11.4 Å². The summed E-state index contributed by atoms with van der Waals surface area (Å²) < 4.78 is 0.560. The summed E-state index contributed by atoms with van der Waals surface area (Å²) >= 11 is 7.02. The molecule has 0 saturated carbocycles. The first kappa shape index (κ1) is 17.6. The Morgan fingerprint density at radius 1 is 1.12 bits per heavy atom. The molecule has 1 N–H and O–H groups in total. The van der Waals surface area contributed by atoms with Crippen molar-refractivity contribution in [2.75, 3.05) is 16.8 Å². The van der Waals surface area contributed by atoms with Crippen LogP contribution in [0.15, 0.2) is 36.4 Å². The zero-order chi connectivity index (χ0) is 17.8. The van der Waals surface area contributed by atoms with Crippen LogP contribution in [0.1, 0.15) is 35.4 Å². The SMILES string of the molecule is O=C(CCC(=O)c1ccc(Cl)s1)Nc1ccc(N2CCCC2=O)cc1. The van der Waals surface area contributed by atoms with Gasteiger partial charge in [-0.2, -0.15) is 0 Å². The Morgan fingerprint density at radius 2 is 1.88 bits per heavy atom. The van der Waals surface area contributed by atoms with E-state index < -0.39 is 0 Å². The van der Waals surface area contributed by atoms with Gasteiger partial charge in [0.1, 0.15) is 0 Å². The minimum absolute atomic E-state index is 0.0880. The fourth-order valence-corrected chi connectivity index (χ4v) is 3.69. The van der Waals surface area contributed by atoms with E-state index in [1.54, 1.807) is 29.2 Å². The molecule has 0 atom stereocenters. The molecule has 2 amide bonds. The van der Waals surface area contributed by atoms with Gasteiger partial charge in [0.25, 0.3) is 0 Å². The molecule has 1 aromatic carbocycles. The van der Waals surface area contributed by atoms with E-state index in [1.807, 2.05) is 12.1 Å². The molecule has 130 valence electrons. The van der Waals surface area contributed by atoms with Crippen LogP contribution in [-0.2, 0) is 9.59 Å². The van der Waals surface area contributed by atoms with Gasteiger partial charge in [-0.25, -0.2) is 0 Å². The summed E-state index contributed by atoms with van der Waals surface area (Å²) in [4.78, 5) is 38.0. The average molecular weight is 377 g/mol. The van der Waals surface area contributed by atoms with Gasteiger partial charge < -0.3 is 10.2 Å². The minimum atomic E-state index is -0.221. The maximum absolute atomic E-state index is 12.0. The van der Waals surface area contributed by atoms with E-state index in [0.717, 1.165) is 18.7 Å². The maximum atomic E-state index is 12.0. The second-order valence-electron chi connectivity index (χ2n) is 5.77. The molecule has 5 nitrogen and oxygen atoms in total. The number of carbonyl (C=O) groups excluding carboxylic acids is 3. The van der Waals surface area contributed by atoms with Crippen molar-refractivity contribution in [2.45, 2.75) is 25.7 Å². The molecule has 1 aliphatic rings. The van der Waals surface area contributed by atoms with Crippen LogP contribution < -0.4 is 10.2 Å². The van der Waals surface area contributed by atoms with Crippen molar-refractivity contribution in [1.82, 2.24) is 0 Å². The Hall–Kier alpha value is -2.18. The summed E-state index contributed by atoms with van der Waals surface area (Å²) in [5.74, 6) is -0.181. The first-order chi connectivity index (χ1) is 12.0. The van der Waals surface area contributed by atoms with Crippen molar-refractivity contribution in [3.63, 3.8) is 0 Å². The van der Waals surface area contributed by atoms with Crippen LogP contribution in [0.5, 0.6) is 0 Å². The zero-order valence-electron chi connectivity index (χ0n) is 13.5. The lowest BCUT2D eigenvalue weighted by atomic mass is 10.2. The van der Waals surface area contributed by atoms with E-state index in [9.17, 15) is 14.4 Å². The number of benzene rings is 1. The van der Waals surface area contributed by atoms with Crippen molar-refractivity contribution >= 4 is 51.9 Å². The molecule has 0 unspecified atom stereocenters. The molecule has 2 heterocycles. The van der Waals surface area contributed by atoms with Crippen molar-refractivity contribution < 1.29 is 14.4 Å². The van der Waals surface area contributed by atoms with Crippen LogP contribution in [0.3, 0.4) is 0 Å². The number of anilines is 2. The highest BCUT2D eigenvalue weighted by molar-refractivity contribution is 7.18. The van der Waals surface area contributed by atoms with E-state index in [1.165, 1.54) is 11.3 Å². The van der Waals surface area contributed by atoms with Crippen LogP contribution in [0.2, 0.25) is 4.34 Å². The third kappa shape index (κ3) is 4.46. The first-order valence-corrected chi connectivity index (χ1v) is 9.21. The Labute approximate surface area is 154 Å². The number of ketones is 1. The number of nitrogens with zero attached hydrogens (tertiary/aromatic N) is 1. The normalized spacial score (nSPS) is 14.0. The molecule has 0 bridgehead atoms. The molecular formula is C18H17ClN2O3S. The fraction of sp³-hybridized carbons (Fsp3) is 0.278. The van der Waals surface area contributed by atoms with E-state index in [2.05, 4.69) is 5.32 Å². The molecule has 1 aromatic heterocycles. The largest absolute Gasteiger partial charge is 0.326 e. The number of amides is 2. The van der Waals surface area contributed by atoms with E-state index >= 15 is 0 Å². The summed E-state index contributed by atoms with van der Waals surface area (Å²) in [5.41, 5.74) is 1.48. The van der Waals surface area contributed by atoms with Gasteiger partial charge in [-0.3, -0.25) is 14.4 Å². The van der Waals surface area contributed by atoms with Crippen molar-refractivity contribution in [3.05, 3.63) is 45.6 Å². The van der Waals surface area contributed by atoms with Gasteiger partial charge in [0.05, 0.1) is 9.21 Å². The summed E-state index contributed by atoms with van der Waals surface area (Å²) in [6.45, 7) is 0.736. The number of Topliss-reactive ketones (excluding diaryl/α,β-unsaturated/α-hetero) is 1. The van der Waals surface area contributed by atoms with Gasteiger partial charge in [-0.1, -0.05) is 11.6 Å². The second-order valence-corrected chi connectivity index (χ2v) is 7.49. The second kappa shape index (κ2) is 7.80. The van der Waals surface area contributed by atoms with Crippen LogP contribution in [0, 0.1) is 0 Å². The molecule has 0 spiro atoms. The molecule has 2 aromatic rings. The molecule has 1 aliphatic heterocycles. The smallest absolute Gasteiger partial charge is 0.227 e. The maximum Gasteiger partial charge on any atom is 0.227 e. The van der Waals surface area contributed by atoms with Gasteiger partial charge in [0.2, 0.25) is 11.8 Å². The lowest BCUT2D eigenvalue weighted by molar-refractivity contribution is -0.117. The number of thiophene rings is 1. The van der Waals surface area contributed by atoms with Crippen molar-refractivity contribution in [1.29, 1.82) is 0 Å². The standard InChI is InChI=1S/C18H17ClN2O3S/c19-16-9-8-15(25-16)14(22)7-10-17(23)20-12-3-5-13(6-4-12)21-11-1-2-18(21)24/h3-6,8-9H,1-2,7,10-11H2,(H,20,23). The highest BCUT2D eigenvalue weighted by atomic mass is 35.5. The molecule has 7 heteroatoms. The summed E-state index contributed by atoms with van der Waals surface area (Å²) in [6, 6.07) is 10.5. The quantitative estimate of drug-likeness (QED) is 0.771. The molecular weight excluding hydrogens is 360 g/mol. The summed E-state index contributed by atoms with van der Waals surface area (Å²) in [6.07, 6.45) is 1.71. The van der Waals surface area contributed by atoms with Crippen LogP contribution >= 0.6 is 22.9 Å². The van der Waals surface area contributed by atoms with Crippen molar-refractivity contribution in [2.24, 2.45) is 0 Å². The number of hydrogen-bond donors (Lipinski definition) is 1. The van der Waals surface area contributed by atoms with Gasteiger partial charge in [-0.15, -0.1) is 11.3 Å². The highest BCUT2D eigenvalue weighted by Crippen LogP contribution is 2.24. The van der Waals surface area contributed by atoms with Crippen LogP contribution in [-0.4, -0.2) is 24.1 Å². The van der Waals surface area contributed by atoms with Gasteiger partial charge in [0, 0.05) is 37.2 Å². The van der Waals surface area contributed by atoms with E-state index in [4.69, 9.17) is 11.6 Å². The number of nitrogens with one attached hydrogen (secondary N) is 1. The lowest BCUT2D eigenvalue weighted by Gasteiger charge is -2.16. The molecule has 25 heavy (non-hydrogen) atoms. The number of halogens is 1. The lowest BCUT2D eigenvalue weighted by Crippen LogP contribution is -2.23. The predicted molar refractivity (Wildman–Crippen MR) is 99.6 cm³/mol. The number of hydrogen-bond acceptors (Lipinski definition) is 4. The monoisotopic (exact) mass is 376 g/mol. The fourth-order valence-electron chi connectivity index (χ4n) is 2.68. The zero-order valence-corrected chi connectivity index (χ0v) is 15.0. The Balaban J connectivity index is 1.51. The first-order valence-electron chi connectivity index (χ1n) is 8.02. The third-order valence-electron chi connectivity index (χ3n) is 3.96. The number of rotatable bonds is 6. The van der Waals surface area contributed by atoms with Gasteiger partial charge >= 0.3 is 0 Å². The van der Waals surface area contributed by atoms with Gasteiger partial charge in [-0.05, 0) is 42.8 Å². The van der Waals surface area contributed by atoms with Crippen LogP contribution in [0.25, 0.3) is 0 Å². The summed E-state index contributed by atoms with van der Waals surface area (Å²) in [7, 11) is 0. The predicted octanol–water partition coefficient (Wildman–Crippen LogP) is 4.13. The Morgan fingerprint density at radius 3 is 2.48 bits per heavy atom. The van der Waals surface area contributed by atoms with E-state index in [0.29, 0.717) is 21.3 Å². The molecule has 0 radical (unpaired) electrons. The van der Waals surface area contributed by atoms with E-state index in [-0.39, 0.29) is 30.4 Å². The molecule has 0 aliphatic carbocycles. The molecule has 3 rings (SSSR count). The topological polar surface area (TPSA) is 66.5 Å². The van der Waals surface area contributed by atoms with Gasteiger partial charge in [0.15, 0.2) is 5.78 Å². The Kier molecular flexibility index (Phi) is 5.50. The Bertz CT molecular complexity index is 801. The summed E-state index contributed by atoms with van der Waals surface area (Å²) in [5, 5.41) is 2.77. The van der Waals surface area contributed by atoms with Crippen molar-refractivity contribution in [3.8, 4) is 0 Å². The minimum Gasteiger partial charge on any atom is -0.326 e. The number of carbonyl (C=O) groups is 3. The third-order valence-corrected chi connectivity index (χ3v) is 5.24. The molecule has 1 saturated heterocycles. The average Bonchev–Trinajstić information content (AvgIpc) is 3.22.